The lowest BCUT2D eigenvalue weighted by Crippen LogP contribution is -2.59. The zero-order valence-corrected chi connectivity index (χ0v) is 20.9. The summed E-state index contributed by atoms with van der Waals surface area (Å²) in [5.74, 6) is -0.553. The van der Waals surface area contributed by atoms with Gasteiger partial charge in [-0.05, 0) is 51.6 Å². The molecule has 0 aromatic carbocycles. The highest BCUT2D eigenvalue weighted by molar-refractivity contribution is 5.91. The topological polar surface area (TPSA) is 79.0 Å². The van der Waals surface area contributed by atoms with Gasteiger partial charge in [0.2, 0.25) is 11.8 Å². The Morgan fingerprint density at radius 2 is 1.84 bits per heavy atom. The van der Waals surface area contributed by atoms with Gasteiger partial charge in [0.1, 0.15) is 6.04 Å². The van der Waals surface area contributed by atoms with Gasteiger partial charge >= 0.3 is 5.97 Å². The average Bonchev–Trinajstić information content (AvgIpc) is 2.68. The number of carbonyl (C=O) groups excluding carboxylic acids is 3. The Hall–Kier alpha value is -1.89. The third-order valence-electron chi connectivity index (χ3n) is 5.97. The third kappa shape index (κ3) is 7.63. The van der Waals surface area contributed by atoms with E-state index in [9.17, 15) is 14.4 Å². The number of carbonyl (C=O) groups is 3. The van der Waals surface area contributed by atoms with Gasteiger partial charge in [-0.2, -0.15) is 0 Å². The zero-order valence-electron chi connectivity index (χ0n) is 20.9. The van der Waals surface area contributed by atoms with Crippen LogP contribution >= 0.6 is 0 Å². The van der Waals surface area contributed by atoms with E-state index in [1.54, 1.807) is 31.9 Å². The monoisotopic (exact) mass is 437 g/mol. The Balaban J connectivity index is 3.10. The van der Waals surface area contributed by atoms with E-state index in [-0.39, 0.29) is 35.8 Å². The van der Waals surface area contributed by atoms with Crippen LogP contribution in [0.5, 0.6) is 0 Å². The van der Waals surface area contributed by atoms with Gasteiger partial charge in [0.25, 0.3) is 0 Å². The van der Waals surface area contributed by atoms with Crippen LogP contribution in [0.2, 0.25) is 0 Å². The third-order valence-corrected chi connectivity index (χ3v) is 5.97. The van der Waals surface area contributed by atoms with Crippen LogP contribution in [-0.2, 0) is 19.1 Å². The Kier molecular flexibility index (Phi) is 10.2. The van der Waals surface area contributed by atoms with E-state index in [4.69, 9.17) is 4.74 Å². The summed E-state index contributed by atoms with van der Waals surface area (Å²) in [6.07, 6.45) is 4.70. The van der Waals surface area contributed by atoms with Gasteiger partial charge in [0.15, 0.2) is 0 Å². The van der Waals surface area contributed by atoms with Crippen molar-refractivity contribution in [3.05, 3.63) is 11.6 Å². The number of hydrogen-bond acceptors (Lipinski definition) is 5. The minimum Gasteiger partial charge on any atom is -0.463 e. The van der Waals surface area contributed by atoms with Crippen LogP contribution in [0.25, 0.3) is 0 Å². The second-order valence-electron chi connectivity index (χ2n) is 10.1. The minimum absolute atomic E-state index is 0.0825. The Morgan fingerprint density at radius 1 is 1.23 bits per heavy atom. The van der Waals surface area contributed by atoms with E-state index in [1.165, 1.54) is 0 Å². The highest BCUT2D eigenvalue weighted by Gasteiger charge is 2.39. The molecule has 1 rings (SSSR count). The van der Waals surface area contributed by atoms with Crippen molar-refractivity contribution in [2.75, 3.05) is 27.2 Å². The summed E-state index contributed by atoms with van der Waals surface area (Å²) >= 11 is 0. The van der Waals surface area contributed by atoms with Crippen LogP contribution in [0.4, 0.5) is 0 Å². The molecular weight excluding hydrogens is 394 g/mol. The molecule has 0 radical (unpaired) electrons. The van der Waals surface area contributed by atoms with Crippen LogP contribution in [0.15, 0.2) is 11.6 Å². The average molecular weight is 438 g/mol. The first-order valence-corrected chi connectivity index (χ1v) is 11.4. The van der Waals surface area contributed by atoms with Gasteiger partial charge in [0.05, 0.1) is 18.7 Å². The lowest BCUT2D eigenvalue weighted by molar-refractivity contribution is -0.141. The van der Waals surface area contributed by atoms with E-state index in [0.29, 0.717) is 12.2 Å². The predicted molar refractivity (Wildman–Crippen MR) is 123 cm³/mol. The van der Waals surface area contributed by atoms with Crippen molar-refractivity contribution in [2.24, 2.45) is 11.3 Å². The molecule has 0 saturated carbocycles. The van der Waals surface area contributed by atoms with Crippen molar-refractivity contribution in [1.82, 2.24) is 15.1 Å². The molecule has 31 heavy (non-hydrogen) atoms. The summed E-state index contributed by atoms with van der Waals surface area (Å²) in [4.78, 5) is 42.4. The summed E-state index contributed by atoms with van der Waals surface area (Å²) in [5, 5.41) is 3.04. The molecule has 7 nitrogen and oxygen atoms in total. The molecule has 0 aliphatic carbocycles. The van der Waals surface area contributed by atoms with Gasteiger partial charge in [-0.15, -0.1) is 0 Å². The van der Waals surface area contributed by atoms with Crippen molar-refractivity contribution in [2.45, 2.75) is 85.9 Å². The fourth-order valence-electron chi connectivity index (χ4n) is 3.96. The number of esters is 1. The Morgan fingerprint density at radius 3 is 2.32 bits per heavy atom. The molecule has 1 N–H and O–H groups in total. The highest BCUT2D eigenvalue weighted by atomic mass is 16.5. The molecule has 0 bridgehead atoms. The molecule has 0 aromatic rings. The molecule has 1 fully saturated rings. The van der Waals surface area contributed by atoms with Crippen molar-refractivity contribution in [3.63, 3.8) is 0 Å². The van der Waals surface area contributed by atoms with E-state index >= 15 is 0 Å². The predicted octanol–water partition coefficient (Wildman–Crippen LogP) is 2.99. The van der Waals surface area contributed by atoms with Crippen LogP contribution < -0.4 is 5.32 Å². The molecule has 0 spiro atoms. The summed E-state index contributed by atoms with van der Waals surface area (Å²) in [7, 11) is 3.70. The van der Waals surface area contributed by atoms with E-state index in [2.05, 4.69) is 10.2 Å². The molecule has 2 amide bonds. The number of nitrogens with one attached hydrogen (secondary N) is 1. The normalized spacial score (nSPS) is 20.2. The molecule has 1 heterocycles. The zero-order chi connectivity index (χ0) is 23.9. The molecular formula is C24H43N3O4. The van der Waals surface area contributed by atoms with Gasteiger partial charge in [-0.1, -0.05) is 47.1 Å². The van der Waals surface area contributed by atoms with Crippen LogP contribution in [0.3, 0.4) is 0 Å². The fraction of sp³-hybridized carbons (Fsp3) is 0.792. The number of likely N-dealkylation sites (tertiary alicyclic amines) is 1. The van der Waals surface area contributed by atoms with Crippen molar-refractivity contribution < 1.29 is 19.1 Å². The molecule has 1 aliphatic heterocycles. The number of piperidine rings is 1. The maximum atomic E-state index is 13.6. The van der Waals surface area contributed by atoms with Crippen LogP contribution in [-0.4, -0.2) is 73.0 Å². The first-order valence-electron chi connectivity index (χ1n) is 11.4. The number of nitrogens with zero attached hydrogens (tertiary/aromatic N) is 2. The molecule has 7 heteroatoms. The standard InChI is InChI=1S/C24H43N3O4/c1-10-31-23(30)17(4)15-19(16(2)3)27(9)22(29)20(24(5,6)7)25-21(28)18-13-11-12-14-26(18)8/h15-16,18-20H,10-14H2,1-9H3,(H,25,28)/b17-15+/t18-,19-,20?/m1/s1. The van der Waals surface area contributed by atoms with Gasteiger partial charge < -0.3 is 15.0 Å². The number of hydrogen-bond donors (Lipinski definition) is 1. The Labute approximate surface area is 188 Å². The smallest absolute Gasteiger partial charge is 0.333 e. The second-order valence-corrected chi connectivity index (χ2v) is 10.1. The summed E-state index contributed by atoms with van der Waals surface area (Å²) in [6, 6.07) is -1.17. The number of rotatable bonds is 8. The molecule has 1 saturated heterocycles. The van der Waals surface area contributed by atoms with Gasteiger partial charge in [-0.25, -0.2) is 4.79 Å². The van der Waals surface area contributed by atoms with E-state index in [1.807, 2.05) is 41.7 Å². The molecule has 1 unspecified atom stereocenters. The van der Waals surface area contributed by atoms with Gasteiger partial charge in [-0.3, -0.25) is 14.5 Å². The summed E-state index contributed by atoms with van der Waals surface area (Å²) < 4.78 is 5.08. The summed E-state index contributed by atoms with van der Waals surface area (Å²) in [5.41, 5.74) is 0.00994. The maximum Gasteiger partial charge on any atom is 0.333 e. The molecule has 1 aliphatic rings. The number of ether oxygens (including phenoxy) is 1. The largest absolute Gasteiger partial charge is 0.463 e. The quantitative estimate of drug-likeness (QED) is 0.466. The van der Waals surface area contributed by atoms with Gasteiger partial charge in [0, 0.05) is 12.6 Å². The fourth-order valence-corrected chi connectivity index (χ4v) is 3.96. The van der Waals surface area contributed by atoms with E-state index < -0.39 is 11.5 Å². The van der Waals surface area contributed by atoms with Crippen LogP contribution in [0.1, 0.15) is 67.7 Å². The number of likely N-dealkylation sites (N-methyl/N-ethyl adjacent to an activating group) is 2. The van der Waals surface area contributed by atoms with E-state index in [0.717, 1.165) is 25.8 Å². The minimum atomic E-state index is -0.669. The maximum absolute atomic E-state index is 13.6. The molecule has 3 atom stereocenters. The highest BCUT2D eigenvalue weighted by Crippen LogP contribution is 2.25. The van der Waals surface area contributed by atoms with Crippen LogP contribution in [0, 0.1) is 11.3 Å². The summed E-state index contributed by atoms with van der Waals surface area (Å²) in [6.45, 7) is 14.5. The van der Waals surface area contributed by atoms with Crippen molar-refractivity contribution in [1.29, 1.82) is 0 Å². The SMILES string of the molecule is CCOC(=O)/C(C)=C/[C@H](C(C)C)N(C)C(=O)C(NC(=O)[C@H]1CCCCN1C)C(C)(C)C. The van der Waals surface area contributed by atoms with Crippen molar-refractivity contribution in [3.8, 4) is 0 Å². The first-order chi connectivity index (χ1) is 14.3. The lowest BCUT2D eigenvalue weighted by atomic mass is 9.84. The number of amides is 2. The second kappa shape index (κ2) is 11.7. The molecule has 0 aromatic heterocycles. The Bertz CT molecular complexity index is 666. The molecule has 178 valence electrons. The lowest BCUT2D eigenvalue weighted by Gasteiger charge is -2.39. The van der Waals surface area contributed by atoms with Crippen molar-refractivity contribution >= 4 is 17.8 Å². The first kappa shape index (κ1) is 27.1.